The Hall–Kier alpha value is -1.30. The van der Waals surface area contributed by atoms with E-state index in [-0.39, 0.29) is 11.8 Å². The molecule has 1 amide bonds. The fourth-order valence-electron chi connectivity index (χ4n) is 3.81. The van der Waals surface area contributed by atoms with Crippen LogP contribution < -0.4 is 10.2 Å². The first-order valence-electron chi connectivity index (χ1n) is 9.19. The third-order valence-electron chi connectivity index (χ3n) is 5.11. The van der Waals surface area contributed by atoms with Gasteiger partial charge in [0.1, 0.15) is 5.82 Å². The van der Waals surface area contributed by atoms with Gasteiger partial charge in [-0.2, -0.15) is 11.8 Å². The van der Waals surface area contributed by atoms with E-state index < -0.39 is 0 Å². The molecule has 2 aliphatic rings. The number of hydrogen-bond donors (Lipinski definition) is 1. The quantitative estimate of drug-likeness (QED) is 0.887. The number of amides is 1. The molecule has 2 fully saturated rings. The SMILES string of the molecule is CCSC1CCCC(NC(=O)C2CCN(c3cnccn3)CC2)C1. The molecule has 2 heterocycles. The molecule has 1 aliphatic carbocycles. The number of anilines is 1. The fraction of sp³-hybridized carbons (Fsp3) is 0.722. The normalized spacial score (nSPS) is 25.5. The average molecular weight is 349 g/mol. The standard InChI is InChI=1S/C18H28N4OS/c1-2-24-16-5-3-4-15(12-16)21-18(23)14-6-10-22(11-7-14)17-13-19-8-9-20-17/h8-9,13-16H,2-7,10-12H2,1H3,(H,21,23). The summed E-state index contributed by atoms with van der Waals surface area (Å²) < 4.78 is 0. The van der Waals surface area contributed by atoms with E-state index in [0.717, 1.165) is 49.8 Å². The minimum atomic E-state index is 0.150. The molecular formula is C18H28N4OS. The van der Waals surface area contributed by atoms with Crippen LogP contribution in [0.2, 0.25) is 0 Å². The molecule has 132 valence electrons. The lowest BCUT2D eigenvalue weighted by atomic mass is 9.92. The first-order chi connectivity index (χ1) is 11.8. The van der Waals surface area contributed by atoms with Gasteiger partial charge >= 0.3 is 0 Å². The maximum atomic E-state index is 12.6. The zero-order valence-electron chi connectivity index (χ0n) is 14.5. The lowest BCUT2D eigenvalue weighted by molar-refractivity contribution is -0.126. The third kappa shape index (κ3) is 4.62. The molecule has 6 heteroatoms. The van der Waals surface area contributed by atoms with Crippen LogP contribution in [0, 0.1) is 5.92 Å². The second-order valence-corrected chi connectivity index (χ2v) is 8.35. The van der Waals surface area contributed by atoms with Crippen LogP contribution in [0.1, 0.15) is 45.4 Å². The van der Waals surface area contributed by atoms with Gasteiger partial charge in [-0.3, -0.25) is 9.78 Å². The number of nitrogens with zero attached hydrogens (tertiary/aromatic N) is 3. The van der Waals surface area contributed by atoms with E-state index in [1.807, 2.05) is 11.8 Å². The van der Waals surface area contributed by atoms with Crippen LogP contribution in [-0.2, 0) is 4.79 Å². The Labute approximate surface area is 149 Å². The summed E-state index contributed by atoms with van der Waals surface area (Å²) in [6.45, 7) is 3.99. The van der Waals surface area contributed by atoms with Crippen LogP contribution in [-0.4, -0.2) is 46.0 Å². The predicted molar refractivity (Wildman–Crippen MR) is 99.3 cm³/mol. The summed E-state index contributed by atoms with van der Waals surface area (Å²) >= 11 is 2.05. The van der Waals surface area contributed by atoms with Gasteiger partial charge in [0.25, 0.3) is 0 Å². The van der Waals surface area contributed by atoms with Crippen molar-refractivity contribution < 1.29 is 4.79 Å². The highest BCUT2D eigenvalue weighted by molar-refractivity contribution is 7.99. The molecule has 0 bridgehead atoms. The van der Waals surface area contributed by atoms with Gasteiger partial charge in [0, 0.05) is 42.7 Å². The van der Waals surface area contributed by atoms with Crippen molar-refractivity contribution in [1.29, 1.82) is 0 Å². The van der Waals surface area contributed by atoms with Crippen LogP contribution in [0.25, 0.3) is 0 Å². The Kier molecular flexibility index (Phi) is 6.35. The van der Waals surface area contributed by atoms with Gasteiger partial charge in [-0.1, -0.05) is 13.3 Å². The number of thioether (sulfide) groups is 1. The number of piperidine rings is 1. The second-order valence-electron chi connectivity index (χ2n) is 6.77. The molecule has 24 heavy (non-hydrogen) atoms. The number of nitrogens with one attached hydrogen (secondary N) is 1. The summed E-state index contributed by atoms with van der Waals surface area (Å²) in [6, 6.07) is 0.383. The lowest BCUT2D eigenvalue weighted by Crippen LogP contribution is -2.45. The molecule has 0 spiro atoms. The monoisotopic (exact) mass is 348 g/mol. The molecule has 0 radical (unpaired) electrons. The smallest absolute Gasteiger partial charge is 0.223 e. The molecule has 1 saturated heterocycles. The van der Waals surface area contributed by atoms with E-state index in [9.17, 15) is 4.79 Å². The highest BCUT2D eigenvalue weighted by Crippen LogP contribution is 2.29. The molecule has 1 saturated carbocycles. The first kappa shape index (κ1) is 17.5. The summed E-state index contributed by atoms with van der Waals surface area (Å²) in [5, 5.41) is 4.06. The molecule has 1 N–H and O–H groups in total. The van der Waals surface area contributed by atoms with Crippen molar-refractivity contribution in [3.63, 3.8) is 0 Å². The average Bonchev–Trinajstić information content (AvgIpc) is 2.63. The zero-order valence-corrected chi connectivity index (χ0v) is 15.3. The minimum absolute atomic E-state index is 0.150. The minimum Gasteiger partial charge on any atom is -0.355 e. The van der Waals surface area contributed by atoms with Crippen molar-refractivity contribution in [2.24, 2.45) is 5.92 Å². The van der Waals surface area contributed by atoms with Crippen molar-refractivity contribution in [3.05, 3.63) is 18.6 Å². The molecule has 1 aromatic rings. The maximum Gasteiger partial charge on any atom is 0.223 e. The molecule has 1 aromatic heterocycles. The van der Waals surface area contributed by atoms with Crippen molar-refractivity contribution >= 4 is 23.5 Å². The van der Waals surface area contributed by atoms with Crippen molar-refractivity contribution in [2.45, 2.75) is 56.7 Å². The summed E-state index contributed by atoms with van der Waals surface area (Å²) in [6.07, 6.45) is 11.9. The van der Waals surface area contributed by atoms with Gasteiger partial charge < -0.3 is 10.2 Å². The Balaban J connectivity index is 1.45. The van der Waals surface area contributed by atoms with E-state index in [1.165, 1.54) is 18.6 Å². The molecule has 3 rings (SSSR count). The van der Waals surface area contributed by atoms with Crippen molar-refractivity contribution in [1.82, 2.24) is 15.3 Å². The van der Waals surface area contributed by atoms with Gasteiger partial charge in [0.05, 0.1) is 6.20 Å². The topological polar surface area (TPSA) is 58.1 Å². The Morgan fingerprint density at radius 3 is 2.83 bits per heavy atom. The fourth-order valence-corrected chi connectivity index (χ4v) is 4.98. The van der Waals surface area contributed by atoms with Crippen LogP contribution in [0.4, 0.5) is 5.82 Å². The maximum absolute atomic E-state index is 12.6. The van der Waals surface area contributed by atoms with Crippen LogP contribution >= 0.6 is 11.8 Å². The molecule has 5 nitrogen and oxygen atoms in total. The largest absolute Gasteiger partial charge is 0.355 e. The summed E-state index contributed by atoms with van der Waals surface area (Å²) in [7, 11) is 0. The van der Waals surface area contributed by atoms with Crippen LogP contribution in [0.15, 0.2) is 18.6 Å². The number of rotatable bonds is 5. The molecule has 2 unspecified atom stereocenters. The Morgan fingerprint density at radius 1 is 1.29 bits per heavy atom. The molecule has 0 aromatic carbocycles. The highest BCUT2D eigenvalue weighted by Gasteiger charge is 2.29. The molecule has 1 aliphatic heterocycles. The van der Waals surface area contributed by atoms with Gasteiger partial charge in [0.2, 0.25) is 5.91 Å². The van der Waals surface area contributed by atoms with Gasteiger partial charge in [-0.05, 0) is 37.9 Å². The number of hydrogen-bond acceptors (Lipinski definition) is 5. The number of aromatic nitrogens is 2. The van der Waals surface area contributed by atoms with Gasteiger partial charge in [0.15, 0.2) is 0 Å². The highest BCUT2D eigenvalue weighted by atomic mass is 32.2. The predicted octanol–water partition coefficient (Wildman–Crippen LogP) is 2.87. The van der Waals surface area contributed by atoms with Crippen LogP contribution in [0.3, 0.4) is 0 Å². The summed E-state index contributed by atoms with van der Waals surface area (Å²) in [5.74, 6) is 2.51. The summed E-state index contributed by atoms with van der Waals surface area (Å²) in [4.78, 5) is 23.3. The second kappa shape index (κ2) is 8.70. The molecular weight excluding hydrogens is 320 g/mol. The zero-order chi connectivity index (χ0) is 16.8. The van der Waals surface area contributed by atoms with Crippen molar-refractivity contribution in [2.75, 3.05) is 23.7 Å². The van der Waals surface area contributed by atoms with E-state index in [1.54, 1.807) is 18.6 Å². The molecule has 2 atom stereocenters. The van der Waals surface area contributed by atoms with Crippen molar-refractivity contribution in [3.8, 4) is 0 Å². The van der Waals surface area contributed by atoms with E-state index in [4.69, 9.17) is 0 Å². The lowest BCUT2D eigenvalue weighted by Gasteiger charge is -2.34. The first-order valence-corrected chi connectivity index (χ1v) is 10.2. The van der Waals surface area contributed by atoms with Gasteiger partial charge in [-0.25, -0.2) is 4.98 Å². The van der Waals surface area contributed by atoms with E-state index in [0.29, 0.717) is 6.04 Å². The van der Waals surface area contributed by atoms with E-state index in [2.05, 4.69) is 27.1 Å². The third-order valence-corrected chi connectivity index (χ3v) is 6.35. The summed E-state index contributed by atoms with van der Waals surface area (Å²) in [5.41, 5.74) is 0. The van der Waals surface area contributed by atoms with E-state index >= 15 is 0 Å². The van der Waals surface area contributed by atoms with Gasteiger partial charge in [-0.15, -0.1) is 0 Å². The number of carbonyl (C=O) groups is 1. The Morgan fingerprint density at radius 2 is 2.12 bits per heavy atom. The van der Waals surface area contributed by atoms with Crippen LogP contribution in [0.5, 0.6) is 0 Å². The Bertz CT molecular complexity index is 517. The number of carbonyl (C=O) groups excluding carboxylic acids is 1.